The third-order valence-electron chi connectivity index (χ3n) is 3.94. The molecular formula is C14H20BrNO3. The van der Waals surface area contributed by atoms with Gasteiger partial charge in [0.15, 0.2) is 11.5 Å². The molecule has 1 aromatic rings. The van der Waals surface area contributed by atoms with Gasteiger partial charge in [0.2, 0.25) is 0 Å². The molecule has 19 heavy (non-hydrogen) atoms. The van der Waals surface area contributed by atoms with Crippen molar-refractivity contribution in [3.8, 4) is 17.2 Å². The molecule has 2 N–H and O–H groups in total. The van der Waals surface area contributed by atoms with Gasteiger partial charge >= 0.3 is 0 Å². The fraction of sp³-hybridized carbons (Fsp3) is 0.571. The summed E-state index contributed by atoms with van der Waals surface area (Å²) in [6, 6.07) is 1.90. The molecule has 5 heteroatoms. The van der Waals surface area contributed by atoms with Gasteiger partial charge in [-0.2, -0.15) is 0 Å². The molecule has 0 aromatic heterocycles. The molecule has 4 nitrogen and oxygen atoms in total. The van der Waals surface area contributed by atoms with Crippen molar-refractivity contribution in [1.29, 1.82) is 0 Å². The Kier molecular flexibility index (Phi) is 3.97. The minimum atomic E-state index is -0.0756. The summed E-state index contributed by atoms with van der Waals surface area (Å²) in [5.74, 6) is 2.20. The van der Waals surface area contributed by atoms with E-state index in [0.717, 1.165) is 34.4 Å². The Bertz CT molecular complexity index is 484. The minimum Gasteiger partial charge on any atom is -0.495 e. The van der Waals surface area contributed by atoms with Gasteiger partial charge in [0.25, 0.3) is 0 Å². The standard InChI is InChI=1S/C14H20BrNO3/c1-8(16)14(5-6-14)11-12(18-3)9(15)7-10(17-2)13(11)19-4/h7-8H,5-6,16H2,1-4H3. The molecular weight excluding hydrogens is 310 g/mol. The molecule has 0 bridgehead atoms. The average Bonchev–Trinajstić information content (AvgIpc) is 3.18. The molecule has 0 saturated heterocycles. The summed E-state index contributed by atoms with van der Waals surface area (Å²) in [6.45, 7) is 2.03. The lowest BCUT2D eigenvalue weighted by Gasteiger charge is -2.26. The summed E-state index contributed by atoms with van der Waals surface area (Å²) in [6.07, 6.45) is 2.08. The lowest BCUT2D eigenvalue weighted by Crippen LogP contribution is -2.32. The van der Waals surface area contributed by atoms with Crippen LogP contribution in [0.1, 0.15) is 25.3 Å². The van der Waals surface area contributed by atoms with Crippen molar-refractivity contribution in [2.24, 2.45) is 5.73 Å². The van der Waals surface area contributed by atoms with E-state index in [1.807, 2.05) is 13.0 Å². The van der Waals surface area contributed by atoms with Crippen molar-refractivity contribution in [2.75, 3.05) is 21.3 Å². The zero-order valence-electron chi connectivity index (χ0n) is 11.7. The molecule has 0 aliphatic heterocycles. The van der Waals surface area contributed by atoms with E-state index >= 15 is 0 Å². The van der Waals surface area contributed by atoms with Crippen LogP contribution in [-0.2, 0) is 5.41 Å². The van der Waals surface area contributed by atoms with Crippen LogP contribution in [0.2, 0.25) is 0 Å². The first-order valence-corrected chi connectivity index (χ1v) is 7.05. The summed E-state index contributed by atoms with van der Waals surface area (Å²) in [5.41, 5.74) is 7.12. The molecule has 106 valence electrons. The largest absolute Gasteiger partial charge is 0.495 e. The van der Waals surface area contributed by atoms with E-state index < -0.39 is 0 Å². The van der Waals surface area contributed by atoms with Gasteiger partial charge in [-0.25, -0.2) is 0 Å². The van der Waals surface area contributed by atoms with Crippen molar-refractivity contribution in [3.63, 3.8) is 0 Å². The van der Waals surface area contributed by atoms with E-state index in [9.17, 15) is 0 Å². The maximum absolute atomic E-state index is 6.19. The second kappa shape index (κ2) is 5.21. The molecule has 1 aromatic carbocycles. The van der Waals surface area contributed by atoms with E-state index in [1.165, 1.54) is 0 Å². The molecule has 1 aliphatic rings. The Balaban J connectivity index is 2.72. The fourth-order valence-corrected chi connectivity index (χ4v) is 3.23. The second-order valence-corrected chi connectivity index (χ2v) is 5.80. The number of halogens is 1. The first kappa shape index (κ1) is 14.5. The number of nitrogens with two attached hydrogens (primary N) is 1. The Morgan fingerprint density at radius 3 is 2.11 bits per heavy atom. The highest BCUT2D eigenvalue weighted by atomic mass is 79.9. The quantitative estimate of drug-likeness (QED) is 0.902. The van der Waals surface area contributed by atoms with Crippen LogP contribution in [0.4, 0.5) is 0 Å². The van der Waals surface area contributed by atoms with Gasteiger partial charge in [-0.15, -0.1) is 0 Å². The van der Waals surface area contributed by atoms with Gasteiger partial charge in [-0.3, -0.25) is 0 Å². The van der Waals surface area contributed by atoms with Crippen molar-refractivity contribution in [1.82, 2.24) is 0 Å². The second-order valence-electron chi connectivity index (χ2n) is 4.95. The highest BCUT2D eigenvalue weighted by molar-refractivity contribution is 9.10. The van der Waals surface area contributed by atoms with Crippen LogP contribution in [0, 0.1) is 0 Å². The lowest BCUT2D eigenvalue weighted by atomic mass is 9.87. The molecule has 0 spiro atoms. The number of methoxy groups -OCH3 is 3. The fourth-order valence-electron chi connectivity index (χ4n) is 2.67. The monoisotopic (exact) mass is 329 g/mol. The number of benzene rings is 1. The van der Waals surface area contributed by atoms with Crippen LogP contribution < -0.4 is 19.9 Å². The summed E-state index contributed by atoms with van der Waals surface area (Å²) in [4.78, 5) is 0. The van der Waals surface area contributed by atoms with E-state index in [1.54, 1.807) is 21.3 Å². The SMILES string of the molecule is COc1cc(Br)c(OC)c(C2(C(C)N)CC2)c1OC. The summed E-state index contributed by atoms with van der Waals surface area (Å²) < 4.78 is 17.4. The summed E-state index contributed by atoms with van der Waals surface area (Å²) >= 11 is 3.53. The molecule has 0 radical (unpaired) electrons. The molecule has 1 unspecified atom stereocenters. The maximum atomic E-state index is 6.19. The predicted octanol–water partition coefficient (Wildman–Crippen LogP) is 2.85. The first-order valence-electron chi connectivity index (χ1n) is 6.26. The van der Waals surface area contributed by atoms with Crippen LogP contribution in [0.3, 0.4) is 0 Å². The smallest absolute Gasteiger partial charge is 0.168 e. The van der Waals surface area contributed by atoms with Crippen molar-refractivity contribution < 1.29 is 14.2 Å². The number of hydrogen-bond donors (Lipinski definition) is 1. The molecule has 0 amide bonds. The molecule has 2 rings (SSSR count). The zero-order chi connectivity index (χ0) is 14.2. The summed E-state index contributed by atoms with van der Waals surface area (Å²) in [5, 5.41) is 0. The Hall–Kier alpha value is -0.940. The Morgan fingerprint density at radius 2 is 1.74 bits per heavy atom. The van der Waals surface area contributed by atoms with Crippen LogP contribution in [0.25, 0.3) is 0 Å². The van der Waals surface area contributed by atoms with Crippen LogP contribution in [0.5, 0.6) is 17.2 Å². The van der Waals surface area contributed by atoms with Crippen LogP contribution in [-0.4, -0.2) is 27.4 Å². The van der Waals surface area contributed by atoms with E-state index in [0.29, 0.717) is 5.75 Å². The summed E-state index contributed by atoms with van der Waals surface area (Å²) in [7, 11) is 4.94. The normalized spacial score (nSPS) is 17.8. The molecule has 1 saturated carbocycles. The predicted molar refractivity (Wildman–Crippen MR) is 78.4 cm³/mol. The van der Waals surface area contributed by atoms with Crippen molar-refractivity contribution in [3.05, 3.63) is 16.1 Å². The lowest BCUT2D eigenvalue weighted by molar-refractivity contribution is 0.333. The van der Waals surface area contributed by atoms with Gasteiger partial charge in [-0.05, 0) is 35.7 Å². The van der Waals surface area contributed by atoms with E-state index in [2.05, 4.69) is 15.9 Å². The van der Waals surface area contributed by atoms with Crippen LogP contribution >= 0.6 is 15.9 Å². The van der Waals surface area contributed by atoms with Crippen molar-refractivity contribution in [2.45, 2.75) is 31.2 Å². The third-order valence-corrected chi connectivity index (χ3v) is 4.53. The van der Waals surface area contributed by atoms with Gasteiger partial charge < -0.3 is 19.9 Å². The van der Waals surface area contributed by atoms with Gasteiger partial charge in [-0.1, -0.05) is 0 Å². The highest BCUT2D eigenvalue weighted by Gasteiger charge is 2.52. The Morgan fingerprint density at radius 1 is 1.16 bits per heavy atom. The molecule has 0 heterocycles. The molecule has 1 atom stereocenters. The van der Waals surface area contributed by atoms with Gasteiger partial charge in [0.1, 0.15) is 5.75 Å². The number of ether oxygens (including phenoxy) is 3. The molecule has 1 aliphatic carbocycles. The molecule has 1 fully saturated rings. The van der Waals surface area contributed by atoms with Crippen molar-refractivity contribution >= 4 is 15.9 Å². The average molecular weight is 330 g/mol. The highest BCUT2D eigenvalue weighted by Crippen LogP contribution is 2.59. The van der Waals surface area contributed by atoms with Crippen LogP contribution in [0.15, 0.2) is 10.5 Å². The van der Waals surface area contributed by atoms with E-state index in [-0.39, 0.29) is 11.5 Å². The minimum absolute atomic E-state index is 0.0364. The zero-order valence-corrected chi connectivity index (χ0v) is 13.3. The van der Waals surface area contributed by atoms with Gasteiger partial charge in [0, 0.05) is 23.1 Å². The van der Waals surface area contributed by atoms with E-state index in [4.69, 9.17) is 19.9 Å². The third kappa shape index (κ3) is 2.19. The topological polar surface area (TPSA) is 53.7 Å². The maximum Gasteiger partial charge on any atom is 0.168 e. The van der Waals surface area contributed by atoms with Gasteiger partial charge in [0.05, 0.1) is 25.8 Å². The first-order chi connectivity index (χ1) is 9.01. The Labute approximate surface area is 122 Å². The number of rotatable bonds is 5. The number of hydrogen-bond acceptors (Lipinski definition) is 4.